The molecule has 0 radical (unpaired) electrons. The summed E-state index contributed by atoms with van der Waals surface area (Å²) in [5.74, 6) is 0.333. The summed E-state index contributed by atoms with van der Waals surface area (Å²) in [5.41, 5.74) is 2.98. The molecular weight excluding hydrogens is 370 g/mol. The van der Waals surface area contributed by atoms with E-state index in [1.807, 2.05) is 31.2 Å². The number of fused-ring (bicyclic) bond motifs is 1. The van der Waals surface area contributed by atoms with Gasteiger partial charge in [0.1, 0.15) is 5.52 Å². The highest BCUT2D eigenvalue weighted by Gasteiger charge is 2.19. The van der Waals surface area contributed by atoms with Gasteiger partial charge < -0.3 is 0 Å². The molecule has 5 nitrogen and oxygen atoms in total. The molecule has 3 aromatic rings. The van der Waals surface area contributed by atoms with Crippen LogP contribution in [0.4, 0.5) is 0 Å². The number of aromatic nitrogens is 3. The number of aryl methyl sites for hydroxylation is 1. The van der Waals surface area contributed by atoms with Crippen molar-refractivity contribution in [3.05, 3.63) is 60.1 Å². The maximum atomic E-state index is 12.9. The maximum Gasteiger partial charge on any atom is 0.171 e. The Morgan fingerprint density at radius 3 is 2.64 bits per heavy atom. The van der Waals surface area contributed by atoms with Gasteiger partial charge in [-0.1, -0.05) is 37.0 Å². The number of hydrogen-bond acceptors (Lipinski definition) is 4. The molecule has 1 saturated carbocycles. The second-order valence-electron chi connectivity index (χ2n) is 7.28. The highest BCUT2D eigenvalue weighted by molar-refractivity contribution is 7.83. The second kappa shape index (κ2) is 8.19. The normalized spacial score (nSPS) is 16.6. The van der Waals surface area contributed by atoms with Crippen LogP contribution in [0.5, 0.6) is 0 Å². The van der Waals surface area contributed by atoms with Crippen molar-refractivity contribution >= 4 is 34.0 Å². The maximum absolute atomic E-state index is 12.9. The van der Waals surface area contributed by atoms with Crippen LogP contribution < -0.4 is 0 Å². The fourth-order valence-corrected chi connectivity index (χ4v) is 4.64. The first-order chi connectivity index (χ1) is 13.6. The van der Waals surface area contributed by atoms with Crippen LogP contribution in [0.2, 0.25) is 0 Å². The van der Waals surface area contributed by atoms with Crippen molar-refractivity contribution in [2.24, 2.45) is 5.92 Å². The molecule has 4 rings (SSSR count). The molecule has 1 unspecified atom stereocenters. The van der Waals surface area contributed by atoms with E-state index < -0.39 is 11.0 Å². The monoisotopic (exact) mass is 393 g/mol. The third-order valence-corrected chi connectivity index (χ3v) is 6.53. The summed E-state index contributed by atoms with van der Waals surface area (Å²) in [6.07, 6.45) is 12.2. The van der Waals surface area contributed by atoms with Gasteiger partial charge >= 0.3 is 0 Å². The fourth-order valence-electron chi connectivity index (χ4n) is 3.57. The summed E-state index contributed by atoms with van der Waals surface area (Å²) in [7, 11) is -1.38. The fraction of sp³-hybridized carbons (Fsp3) is 0.318. The third kappa shape index (κ3) is 3.97. The van der Waals surface area contributed by atoms with Crippen molar-refractivity contribution in [2.75, 3.05) is 0 Å². The summed E-state index contributed by atoms with van der Waals surface area (Å²) < 4.78 is 14.5. The third-order valence-electron chi connectivity index (χ3n) is 5.20. The first-order valence-corrected chi connectivity index (χ1v) is 10.8. The summed E-state index contributed by atoms with van der Waals surface area (Å²) in [4.78, 5) is 22.0. The van der Waals surface area contributed by atoms with Crippen LogP contribution in [0, 0.1) is 12.8 Å². The molecule has 1 aliphatic rings. The molecule has 144 valence electrons. The zero-order valence-corrected chi connectivity index (χ0v) is 16.7. The molecule has 0 spiro atoms. The number of ketones is 1. The summed E-state index contributed by atoms with van der Waals surface area (Å²) in [5, 5.41) is 0. The van der Waals surface area contributed by atoms with Crippen molar-refractivity contribution in [1.29, 1.82) is 0 Å². The lowest BCUT2D eigenvalue weighted by molar-refractivity contribution is -0.119. The number of carbonyl (C=O) groups is 1. The Kier molecular flexibility index (Phi) is 5.48. The van der Waals surface area contributed by atoms with Gasteiger partial charge in [-0.15, -0.1) is 0 Å². The van der Waals surface area contributed by atoms with E-state index in [1.165, 1.54) is 6.42 Å². The van der Waals surface area contributed by atoms with Crippen molar-refractivity contribution < 1.29 is 9.00 Å². The smallest absolute Gasteiger partial charge is 0.171 e. The Bertz CT molecular complexity index is 1050. The average Bonchev–Trinajstić information content (AvgIpc) is 3.16. The van der Waals surface area contributed by atoms with Gasteiger partial charge in [-0.25, -0.2) is 18.1 Å². The number of hydrogen-bond donors (Lipinski definition) is 0. The SMILES string of the molecule is Cc1ccc(S(=O)n2ccc3nc(/C=C/C(=O)C4CCCCC4)cnc32)cc1. The predicted octanol–water partition coefficient (Wildman–Crippen LogP) is 4.47. The van der Waals surface area contributed by atoms with E-state index in [2.05, 4.69) is 9.97 Å². The van der Waals surface area contributed by atoms with Crippen molar-refractivity contribution in [3.8, 4) is 0 Å². The molecule has 0 saturated heterocycles. The molecule has 0 N–H and O–H groups in total. The minimum absolute atomic E-state index is 0.153. The summed E-state index contributed by atoms with van der Waals surface area (Å²) in [6, 6.07) is 9.40. The molecule has 6 heteroatoms. The first kappa shape index (κ1) is 18.7. The number of carbonyl (C=O) groups excluding carboxylic acids is 1. The molecule has 2 heterocycles. The van der Waals surface area contributed by atoms with E-state index in [1.54, 1.807) is 34.6 Å². The largest absolute Gasteiger partial charge is 0.295 e. The second-order valence-corrected chi connectivity index (χ2v) is 8.64. The zero-order valence-electron chi connectivity index (χ0n) is 15.9. The molecule has 0 aliphatic heterocycles. The zero-order chi connectivity index (χ0) is 19.5. The van der Waals surface area contributed by atoms with Gasteiger partial charge in [-0.3, -0.25) is 4.79 Å². The van der Waals surface area contributed by atoms with Gasteiger partial charge in [0.15, 0.2) is 22.4 Å². The van der Waals surface area contributed by atoms with Gasteiger partial charge in [0.05, 0.1) is 16.8 Å². The Balaban J connectivity index is 1.54. The van der Waals surface area contributed by atoms with Crippen LogP contribution >= 0.6 is 0 Å². The van der Waals surface area contributed by atoms with E-state index in [0.717, 1.165) is 31.2 Å². The molecule has 2 aromatic heterocycles. The molecular formula is C22H23N3O2S. The quantitative estimate of drug-likeness (QED) is 0.600. The van der Waals surface area contributed by atoms with Crippen molar-refractivity contribution in [2.45, 2.75) is 43.9 Å². The van der Waals surface area contributed by atoms with Gasteiger partial charge in [-0.05, 0) is 50.1 Å². The number of rotatable bonds is 5. The van der Waals surface area contributed by atoms with Crippen molar-refractivity contribution in [1.82, 2.24) is 13.9 Å². The Morgan fingerprint density at radius 2 is 1.89 bits per heavy atom. The lowest BCUT2D eigenvalue weighted by Crippen LogP contribution is -2.15. The van der Waals surface area contributed by atoms with E-state index in [9.17, 15) is 9.00 Å². The van der Waals surface area contributed by atoms with Crippen molar-refractivity contribution in [3.63, 3.8) is 0 Å². The summed E-state index contributed by atoms with van der Waals surface area (Å²) >= 11 is 0. The van der Waals surface area contributed by atoms with Gasteiger partial charge in [0.2, 0.25) is 0 Å². The minimum atomic E-state index is -1.38. The van der Waals surface area contributed by atoms with Gasteiger partial charge in [-0.2, -0.15) is 0 Å². The lowest BCUT2D eigenvalue weighted by Gasteiger charge is -2.18. The van der Waals surface area contributed by atoms with E-state index in [4.69, 9.17) is 0 Å². The average molecular weight is 394 g/mol. The number of allylic oxidation sites excluding steroid dienone is 1. The van der Waals surface area contributed by atoms with Crippen LogP contribution in [0.3, 0.4) is 0 Å². The van der Waals surface area contributed by atoms with Gasteiger partial charge in [0, 0.05) is 12.1 Å². The van der Waals surface area contributed by atoms with Crippen LogP contribution in [0.15, 0.2) is 53.7 Å². The topological polar surface area (TPSA) is 64.8 Å². The predicted molar refractivity (Wildman–Crippen MR) is 111 cm³/mol. The summed E-state index contributed by atoms with van der Waals surface area (Å²) in [6.45, 7) is 2.00. The molecule has 1 atom stereocenters. The van der Waals surface area contributed by atoms with E-state index in [0.29, 0.717) is 21.8 Å². The molecule has 1 fully saturated rings. The Morgan fingerprint density at radius 1 is 1.14 bits per heavy atom. The highest BCUT2D eigenvalue weighted by atomic mass is 32.2. The minimum Gasteiger partial charge on any atom is -0.295 e. The Labute approximate surface area is 167 Å². The molecule has 28 heavy (non-hydrogen) atoms. The molecule has 1 aliphatic carbocycles. The van der Waals surface area contributed by atoms with Crippen LogP contribution in [-0.4, -0.2) is 23.9 Å². The molecule has 0 amide bonds. The van der Waals surface area contributed by atoms with E-state index >= 15 is 0 Å². The lowest BCUT2D eigenvalue weighted by atomic mass is 9.86. The van der Waals surface area contributed by atoms with Gasteiger partial charge in [0.25, 0.3) is 0 Å². The van der Waals surface area contributed by atoms with Crippen LogP contribution in [0.1, 0.15) is 43.4 Å². The molecule has 1 aromatic carbocycles. The number of benzene rings is 1. The number of nitrogens with zero attached hydrogens (tertiary/aromatic N) is 3. The highest BCUT2D eigenvalue weighted by Crippen LogP contribution is 2.25. The van der Waals surface area contributed by atoms with Crippen LogP contribution in [0.25, 0.3) is 17.2 Å². The van der Waals surface area contributed by atoms with Crippen LogP contribution in [-0.2, 0) is 15.8 Å². The first-order valence-electron chi connectivity index (χ1n) is 9.67. The van der Waals surface area contributed by atoms with E-state index in [-0.39, 0.29) is 11.7 Å². The molecule has 0 bridgehead atoms. The standard InChI is InChI=1S/C22H23N3O2S/c1-16-7-10-19(11-8-16)28(27)25-14-13-20-22(25)23-15-18(24-20)9-12-21(26)17-5-3-2-4-6-17/h7-15,17H,2-6H2,1H3/b12-9+. The Hall–Kier alpha value is -2.60.